The zero-order valence-corrected chi connectivity index (χ0v) is 9.53. The van der Waals surface area contributed by atoms with Crippen LogP contribution in [0.3, 0.4) is 0 Å². The number of hydrogen-bond acceptors (Lipinski definition) is 3. The van der Waals surface area contributed by atoms with E-state index in [-0.39, 0.29) is 12.3 Å². The molecule has 0 saturated carbocycles. The molecule has 1 aromatic rings. The summed E-state index contributed by atoms with van der Waals surface area (Å²) < 4.78 is 5.00. The van der Waals surface area contributed by atoms with Crippen molar-refractivity contribution in [1.82, 2.24) is 5.32 Å². The lowest BCUT2D eigenvalue weighted by Crippen LogP contribution is -2.44. The highest BCUT2D eigenvalue weighted by Gasteiger charge is 2.24. The lowest BCUT2D eigenvalue weighted by atomic mass is 10.0. The Kier molecular flexibility index (Phi) is 3.37. The molecule has 2 N–H and O–H groups in total. The van der Waals surface area contributed by atoms with Crippen LogP contribution in [-0.4, -0.2) is 22.5 Å². The second-order valence-electron chi connectivity index (χ2n) is 4.35. The molecule has 0 radical (unpaired) electrons. The van der Waals surface area contributed by atoms with Crippen molar-refractivity contribution < 1.29 is 19.1 Å². The molecule has 1 amide bonds. The van der Waals surface area contributed by atoms with E-state index in [9.17, 15) is 9.59 Å². The van der Waals surface area contributed by atoms with Gasteiger partial charge in [-0.2, -0.15) is 0 Å². The van der Waals surface area contributed by atoms with Crippen molar-refractivity contribution in [3.63, 3.8) is 0 Å². The van der Waals surface area contributed by atoms with E-state index >= 15 is 0 Å². The molecule has 0 atom stereocenters. The van der Waals surface area contributed by atoms with Gasteiger partial charge in [0, 0.05) is 5.54 Å². The fraction of sp³-hybridized carbons (Fsp3) is 0.455. The van der Waals surface area contributed by atoms with Crippen LogP contribution in [0.4, 0.5) is 0 Å². The number of nitrogens with one attached hydrogen (secondary N) is 1. The molecule has 1 rings (SSSR count). The SMILES string of the molecule is Cc1cc(C(=O)NC(C)(C)CC(=O)O)co1. The van der Waals surface area contributed by atoms with Gasteiger partial charge in [0.15, 0.2) is 0 Å². The Morgan fingerprint density at radius 1 is 1.50 bits per heavy atom. The number of aliphatic carboxylic acids is 1. The van der Waals surface area contributed by atoms with Crippen LogP contribution in [0.5, 0.6) is 0 Å². The number of carboxylic acids is 1. The smallest absolute Gasteiger partial charge is 0.305 e. The van der Waals surface area contributed by atoms with Gasteiger partial charge >= 0.3 is 5.97 Å². The molecular formula is C11H15NO4. The van der Waals surface area contributed by atoms with Crippen LogP contribution in [0.1, 0.15) is 36.4 Å². The lowest BCUT2D eigenvalue weighted by molar-refractivity contribution is -0.138. The number of aryl methyl sites for hydroxylation is 1. The molecule has 0 aromatic carbocycles. The minimum atomic E-state index is -0.950. The fourth-order valence-electron chi connectivity index (χ4n) is 1.36. The Morgan fingerprint density at radius 2 is 2.12 bits per heavy atom. The molecule has 1 aromatic heterocycles. The third kappa shape index (κ3) is 3.42. The van der Waals surface area contributed by atoms with E-state index in [0.29, 0.717) is 11.3 Å². The number of amides is 1. The molecule has 88 valence electrons. The summed E-state index contributed by atoms with van der Waals surface area (Å²) in [6.45, 7) is 5.05. The first-order chi connectivity index (χ1) is 7.30. The fourth-order valence-corrected chi connectivity index (χ4v) is 1.36. The molecule has 0 saturated heterocycles. The van der Waals surface area contributed by atoms with Gasteiger partial charge in [0.1, 0.15) is 12.0 Å². The van der Waals surface area contributed by atoms with Crippen LogP contribution in [0.15, 0.2) is 16.7 Å². The topological polar surface area (TPSA) is 79.5 Å². The molecule has 5 nitrogen and oxygen atoms in total. The first-order valence-corrected chi connectivity index (χ1v) is 4.89. The predicted octanol–water partition coefficient (Wildman–Crippen LogP) is 1.57. The summed E-state index contributed by atoms with van der Waals surface area (Å²) in [5.74, 6) is -0.641. The predicted molar refractivity (Wildman–Crippen MR) is 57.2 cm³/mol. The average molecular weight is 225 g/mol. The van der Waals surface area contributed by atoms with Crippen molar-refractivity contribution >= 4 is 11.9 Å². The molecule has 0 bridgehead atoms. The number of hydrogen-bond donors (Lipinski definition) is 2. The van der Waals surface area contributed by atoms with E-state index in [4.69, 9.17) is 9.52 Å². The van der Waals surface area contributed by atoms with Crippen molar-refractivity contribution in [1.29, 1.82) is 0 Å². The minimum absolute atomic E-state index is 0.129. The van der Waals surface area contributed by atoms with Crippen LogP contribution >= 0.6 is 0 Å². The van der Waals surface area contributed by atoms with Crippen molar-refractivity contribution in [2.75, 3.05) is 0 Å². The van der Waals surface area contributed by atoms with Gasteiger partial charge in [0.05, 0.1) is 12.0 Å². The average Bonchev–Trinajstić information content (AvgIpc) is 2.47. The second-order valence-corrected chi connectivity index (χ2v) is 4.35. The molecule has 0 fully saturated rings. The Morgan fingerprint density at radius 3 is 2.56 bits per heavy atom. The number of rotatable bonds is 4. The van der Waals surface area contributed by atoms with Gasteiger partial charge in [-0.15, -0.1) is 0 Å². The summed E-state index contributed by atoms with van der Waals surface area (Å²) in [5.41, 5.74) is -0.385. The third-order valence-corrected chi connectivity index (χ3v) is 2.04. The largest absolute Gasteiger partial charge is 0.481 e. The van der Waals surface area contributed by atoms with Gasteiger partial charge in [-0.25, -0.2) is 0 Å². The molecular weight excluding hydrogens is 210 g/mol. The van der Waals surface area contributed by atoms with Gasteiger partial charge in [-0.1, -0.05) is 0 Å². The first kappa shape index (κ1) is 12.3. The Bertz CT molecular complexity index is 406. The van der Waals surface area contributed by atoms with Crippen LogP contribution in [0.25, 0.3) is 0 Å². The van der Waals surface area contributed by atoms with Crippen molar-refractivity contribution in [3.8, 4) is 0 Å². The first-order valence-electron chi connectivity index (χ1n) is 4.89. The van der Waals surface area contributed by atoms with E-state index in [1.807, 2.05) is 0 Å². The normalized spacial score (nSPS) is 11.2. The summed E-state index contributed by atoms with van der Waals surface area (Å²) in [4.78, 5) is 22.3. The second kappa shape index (κ2) is 4.38. The Hall–Kier alpha value is -1.78. The van der Waals surface area contributed by atoms with E-state index in [1.54, 1.807) is 26.8 Å². The molecule has 0 aliphatic heterocycles. The van der Waals surface area contributed by atoms with Crippen LogP contribution in [-0.2, 0) is 4.79 Å². The minimum Gasteiger partial charge on any atom is -0.481 e. The number of carbonyl (C=O) groups excluding carboxylic acids is 1. The van der Waals surface area contributed by atoms with E-state index in [2.05, 4.69) is 5.32 Å². The van der Waals surface area contributed by atoms with Crippen molar-refractivity contribution in [2.45, 2.75) is 32.7 Å². The maximum Gasteiger partial charge on any atom is 0.305 e. The summed E-state index contributed by atoms with van der Waals surface area (Å²) in [6, 6.07) is 1.60. The van der Waals surface area contributed by atoms with E-state index in [1.165, 1.54) is 6.26 Å². The van der Waals surface area contributed by atoms with Crippen LogP contribution < -0.4 is 5.32 Å². The maximum absolute atomic E-state index is 11.7. The molecule has 0 aliphatic rings. The molecule has 16 heavy (non-hydrogen) atoms. The summed E-state index contributed by atoms with van der Waals surface area (Å²) >= 11 is 0. The van der Waals surface area contributed by atoms with Gasteiger partial charge in [0.2, 0.25) is 0 Å². The van der Waals surface area contributed by atoms with Gasteiger partial charge in [0.25, 0.3) is 5.91 Å². The zero-order valence-electron chi connectivity index (χ0n) is 9.53. The van der Waals surface area contributed by atoms with E-state index in [0.717, 1.165) is 0 Å². The molecule has 0 unspecified atom stereocenters. The van der Waals surface area contributed by atoms with Crippen LogP contribution in [0.2, 0.25) is 0 Å². The Labute approximate surface area is 93.4 Å². The highest BCUT2D eigenvalue weighted by molar-refractivity contribution is 5.94. The van der Waals surface area contributed by atoms with E-state index < -0.39 is 11.5 Å². The van der Waals surface area contributed by atoms with Gasteiger partial charge in [-0.3, -0.25) is 9.59 Å². The number of carbonyl (C=O) groups is 2. The highest BCUT2D eigenvalue weighted by Crippen LogP contribution is 2.12. The van der Waals surface area contributed by atoms with Crippen molar-refractivity contribution in [3.05, 3.63) is 23.7 Å². The molecule has 5 heteroatoms. The third-order valence-electron chi connectivity index (χ3n) is 2.04. The monoisotopic (exact) mass is 225 g/mol. The number of carboxylic acid groups (broad SMARTS) is 1. The summed E-state index contributed by atoms with van der Waals surface area (Å²) in [7, 11) is 0. The standard InChI is InChI=1S/C11H15NO4/c1-7-4-8(6-16-7)10(15)12-11(2,3)5-9(13)14/h4,6H,5H2,1-3H3,(H,12,15)(H,13,14). The highest BCUT2D eigenvalue weighted by atomic mass is 16.4. The maximum atomic E-state index is 11.7. The lowest BCUT2D eigenvalue weighted by Gasteiger charge is -2.23. The quantitative estimate of drug-likeness (QED) is 0.815. The van der Waals surface area contributed by atoms with Gasteiger partial charge in [-0.05, 0) is 26.8 Å². The number of furan rings is 1. The van der Waals surface area contributed by atoms with Crippen molar-refractivity contribution in [2.24, 2.45) is 0 Å². The molecule has 1 heterocycles. The van der Waals surface area contributed by atoms with Crippen LogP contribution in [0, 0.1) is 6.92 Å². The zero-order chi connectivity index (χ0) is 12.3. The molecule has 0 aliphatic carbocycles. The molecule has 0 spiro atoms. The summed E-state index contributed by atoms with van der Waals surface area (Å²) in [5, 5.41) is 11.3. The van der Waals surface area contributed by atoms with Gasteiger partial charge < -0.3 is 14.8 Å². The summed E-state index contributed by atoms with van der Waals surface area (Å²) in [6.07, 6.45) is 1.22. The Balaban J connectivity index is 2.67.